The summed E-state index contributed by atoms with van der Waals surface area (Å²) in [6.07, 6.45) is 5.93. The van der Waals surface area contributed by atoms with Crippen LogP contribution in [0.25, 0.3) is 0 Å². The Bertz CT molecular complexity index is 258. The van der Waals surface area contributed by atoms with E-state index in [1.54, 1.807) is 0 Å². The molecule has 2 rings (SSSR count). The second-order valence-corrected chi connectivity index (χ2v) is 4.39. The number of ether oxygens (including phenoxy) is 1. The quantitative estimate of drug-likeness (QED) is 0.827. The Hall–Kier alpha value is -0.680. The molecule has 1 N–H and O–H groups in total. The fourth-order valence-corrected chi connectivity index (χ4v) is 2.25. The smallest absolute Gasteiger partial charge is 0.293 e. The minimum absolute atomic E-state index is 0.269. The van der Waals surface area contributed by atoms with Crippen LogP contribution in [0.5, 0.6) is 5.19 Å². The lowest BCUT2D eigenvalue weighted by Gasteiger charge is -2.26. The van der Waals surface area contributed by atoms with Gasteiger partial charge in [0, 0.05) is 18.1 Å². The van der Waals surface area contributed by atoms with Crippen LogP contribution in [0.2, 0.25) is 0 Å². The zero-order valence-electron chi connectivity index (χ0n) is 7.93. The highest BCUT2D eigenvalue weighted by atomic mass is 32.1. The highest BCUT2D eigenvalue weighted by Gasteiger charge is 2.22. The number of nitrogens with zero attached hydrogens (tertiary/aromatic N) is 2. The van der Waals surface area contributed by atoms with E-state index in [0.29, 0.717) is 17.7 Å². The van der Waals surface area contributed by atoms with Gasteiger partial charge >= 0.3 is 0 Å². The van der Waals surface area contributed by atoms with Gasteiger partial charge in [-0.1, -0.05) is 0 Å². The van der Waals surface area contributed by atoms with Crippen LogP contribution in [-0.2, 0) is 0 Å². The molecule has 0 saturated heterocycles. The van der Waals surface area contributed by atoms with E-state index < -0.39 is 0 Å². The fraction of sp³-hybridized carbons (Fsp3) is 0.778. The number of hydrogen-bond acceptors (Lipinski definition) is 5. The van der Waals surface area contributed by atoms with Gasteiger partial charge in [-0.15, -0.1) is 0 Å². The first-order valence-corrected chi connectivity index (χ1v) is 5.70. The molecule has 14 heavy (non-hydrogen) atoms. The maximum Gasteiger partial charge on any atom is 0.293 e. The van der Waals surface area contributed by atoms with Crippen LogP contribution >= 0.6 is 11.5 Å². The number of aliphatic hydroxyl groups excluding tert-OH is 1. The maximum atomic E-state index is 8.97. The molecule has 1 aliphatic carbocycles. The van der Waals surface area contributed by atoms with E-state index in [0.717, 1.165) is 25.7 Å². The summed E-state index contributed by atoms with van der Waals surface area (Å²) in [6, 6.07) is 0. The average Bonchev–Trinajstić information content (AvgIpc) is 2.72. The van der Waals surface area contributed by atoms with Crippen molar-refractivity contribution in [2.75, 3.05) is 6.61 Å². The van der Waals surface area contributed by atoms with Crippen LogP contribution in [-0.4, -0.2) is 27.2 Å². The summed E-state index contributed by atoms with van der Waals surface area (Å²) in [5, 5.41) is 9.64. The van der Waals surface area contributed by atoms with Crippen LogP contribution in [0, 0.1) is 5.92 Å². The van der Waals surface area contributed by atoms with Crippen LogP contribution in [0.15, 0.2) is 6.33 Å². The summed E-state index contributed by atoms with van der Waals surface area (Å²) < 4.78 is 9.54. The third kappa shape index (κ3) is 2.42. The van der Waals surface area contributed by atoms with Crippen molar-refractivity contribution in [1.29, 1.82) is 0 Å². The van der Waals surface area contributed by atoms with Crippen molar-refractivity contribution in [3.63, 3.8) is 0 Å². The van der Waals surface area contributed by atoms with E-state index in [1.165, 1.54) is 17.9 Å². The Morgan fingerprint density at radius 1 is 1.43 bits per heavy atom. The van der Waals surface area contributed by atoms with Gasteiger partial charge < -0.3 is 9.84 Å². The van der Waals surface area contributed by atoms with Gasteiger partial charge in [0.15, 0.2) is 0 Å². The molecule has 78 valence electrons. The maximum absolute atomic E-state index is 8.97. The van der Waals surface area contributed by atoms with Crippen molar-refractivity contribution in [3.05, 3.63) is 6.33 Å². The molecule has 0 bridgehead atoms. The normalized spacial score (nSPS) is 27.5. The highest BCUT2D eigenvalue weighted by Crippen LogP contribution is 2.27. The highest BCUT2D eigenvalue weighted by molar-refractivity contribution is 7.07. The van der Waals surface area contributed by atoms with E-state index in [1.807, 2.05) is 0 Å². The molecular formula is C9H14N2O2S. The number of aliphatic hydroxyl groups is 1. The van der Waals surface area contributed by atoms with E-state index in [-0.39, 0.29) is 6.10 Å². The molecule has 5 heteroatoms. The first kappa shape index (κ1) is 9.86. The van der Waals surface area contributed by atoms with E-state index in [9.17, 15) is 0 Å². The minimum atomic E-state index is 0.269. The van der Waals surface area contributed by atoms with Crippen LogP contribution in [0.4, 0.5) is 0 Å². The molecule has 1 aromatic heterocycles. The Balaban J connectivity index is 1.79. The van der Waals surface area contributed by atoms with Gasteiger partial charge in [-0.2, -0.15) is 9.36 Å². The van der Waals surface area contributed by atoms with Gasteiger partial charge in [0.25, 0.3) is 5.19 Å². The second kappa shape index (κ2) is 4.70. The van der Waals surface area contributed by atoms with E-state index in [4.69, 9.17) is 9.84 Å². The van der Waals surface area contributed by atoms with Gasteiger partial charge in [0.2, 0.25) is 0 Å². The zero-order valence-corrected chi connectivity index (χ0v) is 8.74. The van der Waals surface area contributed by atoms with Crippen LogP contribution in [0.3, 0.4) is 0 Å². The standard InChI is InChI=1S/C9H14N2O2S/c12-5-7-1-3-8(4-2-7)13-9-10-6-11-14-9/h6-8,12H,1-5H2. The Labute approximate surface area is 87.1 Å². The van der Waals surface area contributed by atoms with Gasteiger partial charge in [-0.3, -0.25) is 0 Å². The first-order valence-electron chi connectivity index (χ1n) is 4.92. The van der Waals surface area contributed by atoms with Crippen LogP contribution in [0.1, 0.15) is 25.7 Å². The number of aromatic nitrogens is 2. The fourth-order valence-electron chi connectivity index (χ4n) is 1.79. The van der Waals surface area contributed by atoms with Crippen molar-refractivity contribution >= 4 is 11.5 Å². The molecule has 0 atom stereocenters. The molecule has 0 amide bonds. The average molecular weight is 214 g/mol. The van der Waals surface area contributed by atoms with Crippen molar-refractivity contribution in [1.82, 2.24) is 9.36 Å². The monoisotopic (exact) mass is 214 g/mol. The van der Waals surface area contributed by atoms with Crippen molar-refractivity contribution in [2.45, 2.75) is 31.8 Å². The Morgan fingerprint density at radius 3 is 2.79 bits per heavy atom. The summed E-state index contributed by atoms with van der Waals surface area (Å²) in [5.74, 6) is 0.476. The van der Waals surface area contributed by atoms with E-state index >= 15 is 0 Å². The summed E-state index contributed by atoms with van der Waals surface area (Å²) >= 11 is 1.29. The molecular weight excluding hydrogens is 200 g/mol. The molecule has 0 spiro atoms. The molecule has 4 nitrogen and oxygen atoms in total. The molecule has 1 aliphatic rings. The summed E-state index contributed by atoms with van der Waals surface area (Å²) in [6.45, 7) is 0.311. The molecule has 1 heterocycles. The molecule has 1 saturated carbocycles. The van der Waals surface area contributed by atoms with Gasteiger partial charge in [0.1, 0.15) is 12.4 Å². The topological polar surface area (TPSA) is 55.2 Å². The minimum Gasteiger partial charge on any atom is -0.466 e. The van der Waals surface area contributed by atoms with Crippen molar-refractivity contribution in [2.24, 2.45) is 5.92 Å². The van der Waals surface area contributed by atoms with Crippen molar-refractivity contribution in [3.8, 4) is 5.19 Å². The largest absolute Gasteiger partial charge is 0.466 e. The third-order valence-electron chi connectivity index (χ3n) is 2.66. The van der Waals surface area contributed by atoms with Crippen LogP contribution < -0.4 is 4.74 Å². The van der Waals surface area contributed by atoms with Gasteiger partial charge in [-0.25, -0.2) is 0 Å². The molecule has 1 fully saturated rings. The third-order valence-corrected chi connectivity index (χ3v) is 3.22. The first-order chi connectivity index (χ1) is 6.88. The molecule has 0 aromatic carbocycles. The molecule has 1 aromatic rings. The predicted molar refractivity (Wildman–Crippen MR) is 53.4 cm³/mol. The Morgan fingerprint density at radius 2 is 2.21 bits per heavy atom. The predicted octanol–water partition coefficient (Wildman–Crippen LogP) is 1.47. The Kier molecular flexibility index (Phi) is 3.31. The van der Waals surface area contributed by atoms with Gasteiger partial charge in [0.05, 0.1) is 0 Å². The SMILES string of the molecule is OCC1CCC(Oc2ncns2)CC1. The lowest BCUT2D eigenvalue weighted by atomic mass is 9.88. The number of hydrogen-bond donors (Lipinski definition) is 1. The number of rotatable bonds is 3. The molecule has 0 unspecified atom stereocenters. The van der Waals surface area contributed by atoms with Crippen molar-refractivity contribution < 1.29 is 9.84 Å². The van der Waals surface area contributed by atoms with Gasteiger partial charge in [-0.05, 0) is 31.6 Å². The summed E-state index contributed by atoms with van der Waals surface area (Å²) in [5.41, 5.74) is 0. The second-order valence-electron chi connectivity index (χ2n) is 3.65. The lowest BCUT2D eigenvalue weighted by molar-refractivity contribution is 0.104. The summed E-state index contributed by atoms with van der Waals surface area (Å²) in [7, 11) is 0. The molecule has 0 aliphatic heterocycles. The lowest BCUT2D eigenvalue weighted by Crippen LogP contribution is -2.25. The van der Waals surface area contributed by atoms with E-state index in [2.05, 4.69) is 9.36 Å². The zero-order chi connectivity index (χ0) is 9.80. The molecule has 0 radical (unpaired) electrons. The summed E-state index contributed by atoms with van der Waals surface area (Å²) in [4.78, 5) is 3.99.